The van der Waals surface area contributed by atoms with Crippen LogP contribution in [0.4, 0.5) is 0 Å². The van der Waals surface area contributed by atoms with Crippen LogP contribution in [0.2, 0.25) is 0 Å². The second-order valence-electron chi connectivity index (χ2n) is 7.27. The zero-order valence-corrected chi connectivity index (χ0v) is 16.3. The molecule has 0 bridgehead atoms. The minimum Gasteiger partial charge on any atom is -0.493 e. The van der Waals surface area contributed by atoms with Gasteiger partial charge in [-0.2, -0.15) is 0 Å². The maximum absolute atomic E-state index is 12.0. The first kappa shape index (κ1) is 21.2. The van der Waals surface area contributed by atoms with Gasteiger partial charge < -0.3 is 19.9 Å². The number of rotatable bonds is 10. The van der Waals surface area contributed by atoms with Gasteiger partial charge in [-0.05, 0) is 62.6 Å². The number of carbonyl (C=O) groups is 2. The van der Waals surface area contributed by atoms with E-state index in [1.807, 2.05) is 26.0 Å². The number of nitrogens with one attached hydrogen (secondary N) is 1. The van der Waals surface area contributed by atoms with Crippen LogP contribution in [0, 0.1) is 25.7 Å². The normalized spacial score (nSPS) is 15.9. The molecule has 2 rings (SSSR count). The minimum atomic E-state index is -0.843. The molecule has 6 nitrogen and oxygen atoms in total. The highest BCUT2D eigenvalue weighted by atomic mass is 16.5. The highest BCUT2D eigenvalue weighted by Gasteiger charge is 2.29. The van der Waals surface area contributed by atoms with Crippen LogP contribution in [0.25, 0.3) is 0 Å². The summed E-state index contributed by atoms with van der Waals surface area (Å²) in [5.41, 5.74) is 2.26. The van der Waals surface area contributed by atoms with Crippen molar-refractivity contribution in [3.63, 3.8) is 0 Å². The molecule has 6 heteroatoms. The predicted octanol–water partition coefficient (Wildman–Crippen LogP) is 3.10. The van der Waals surface area contributed by atoms with E-state index in [0.29, 0.717) is 32.7 Å². The first-order chi connectivity index (χ1) is 13.0. The number of aryl methyl sites for hydroxylation is 2. The quantitative estimate of drug-likeness (QED) is 0.612. The molecule has 0 aromatic heterocycles. The van der Waals surface area contributed by atoms with Crippen molar-refractivity contribution in [2.45, 2.75) is 46.0 Å². The van der Waals surface area contributed by atoms with Crippen molar-refractivity contribution in [2.75, 3.05) is 26.4 Å². The maximum atomic E-state index is 12.0. The Morgan fingerprint density at radius 1 is 1.26 bits per heavy atom. The lowest BCUT2D eigenvalue weighted by Gasteiger charge is -2.27. The van der Waals surface area contributed by atoms with Crippen LogP contribution in [-0.4, -0.2) is 43.3 Å². The van der Waals surface area contributed by atoms with Crippen molar-refractivity contribution in [2.24, 2.45) is 11.8 Å². The standard InChI is InChI=1S/C21H31NO5/c1-15-6-7-16(2)19(13-15)27-10-4-3-5-20(23)22-14-18(21(24)25)17-8-11-26-12-9-17/h6-7,13,17-18H,3-5,8-12,14H2,1-2H3,(H,22,23)(H,24,25). The van der Waals surface area contributed by atoms with Gasteiger partial charge in [-0.25, -0.2) is 0 Å². The van der Waals surface area contributed by atoms with Gasteiger partial charge in [0, 0.05) is 26.2 Å². The van der Waals surface area contributed by atoms with E-state index in [4.69, 9.17) is 9.47 Å². The molecule has 150 valence electrons. The number of ether oxygens (including phenoxy) is 2. The van der Waals surface area contributed by atoms with E-state index >= 15 is 0 Å². The molecule has 1 amide bonds. The van der Waals surface area contributed by atoms with Gasteiger partial charge in [-0.1, -0.05) is 12.1 Å². The maximum Gasteiger partial charge on any atom is 0.308 e. The molecule has 1 aromatic rings. The average molecular weight is 377 g/mol. The monoisotopic (exact) mass is 377 g/mol. The van der Waals surface area contributed by atoms with Gasteiger partial charge in [-0.15, -0.1) is 0 Å². The molecule has 1 heterocycles. The topological polar surface area (TPSA) is 84.9 Å². The fraction of sp³-hybridized carbons (Fsp3) is 0.619. The van der Waals surface area contributed by atoms with Gasteiger partial charge >= 0.3 is 5.97 Å². The molecule has 1 aliphatic heterocycles. The lowest BCUT2D eigenvalue weighted by molar-refractivity contribution is -0.145. The van der Waals surface area contributed by atoms with Gasteiger partial charge in [0.15, 0.2) is 0 Å². The lowest BCUT2D eigenvalue weighted by Crippen LogP contribution is -2.38. The number of carboxylic acids is 1. The van der Waals surface area contributed by atoms with Crippen molar-refractivity contribution in [3.8, 4) is 5.75 Å². The molecule has 1 aliphatic rings. The molecule has 1 unspecified atom stereocenters. The molecule has 0 spiro atoms. The number of unbranched alkanes of at least 4 members (excludes halogenated alkanes) is 1. The third-order valence-electron chi connectivity index (χ3n) is 5.07. The Morgan fingerprint density at radius 3 is 2.70 bits per heavy atom. The highest BCUT2D eigenvalue weighted by Crippen LogP contribution is 2.24. The SMILES string of the molecule is Cc1ccc(C)c(OCCCCC(=O)NCC(C(=O)O)C2CCOCC2)c1. The van der Waals surface area contributed by atoms with Crippen LogP contribution in [0.15, 0.2) is 18.2 Å². The van der Waals surface area contributed by atoms with Crippen molar-refractivity contribution in [1.82, 2.24) is 5.32 Å². The molecule has 1 fully saturated rings. The number of hydrogen-bond donors (Lipinski definition) is 2. The van der Waals surface area contributed by atoms with E-state index < -0.39 is 11.9 Å². The smallest absolute Gasteiger partial charge is 0.308 e. The lowest BCUT2D eigenvalue weighted by atomic mass is 9.86. The van der Waals surface area contributed by atoms with Crippen molar-refractivity contribution >= 4 is 11.9 Å². The van der Waals surface area contributed by atoms with Crippen LogP contribution in [0.1, 0.15) is 43.2 Å². The zero-order chi connectivity index (χ0) is 19.6. The average Bonchev–Trinajstić information content (AvgIpc) is 2.65. The molecule has 1 saturated heterocycles. The summed E-state index contributed by atoms with van der Waals surface area (Å²) in [6, 6.07) is 6.11. The Morgan fingerprint density at radius 2 is 2.00 bits per heavy atom. The molecule has 1 atom stereocenters. The molecule has 0 radical (unpaired) electrons. The highest BCUT2D eigenvalue weighted by molar-refractivity contribution is 5.77. The van der Waals surface area contributed by atoms with E-state index in [1.54, 1.807) is 0 Å². The second-order valence-corrected chi connectivity index (χ2v) is 7.27. The fourth-order valence-electron chi connectivity index (χ4n) is 3.32. The molecular weight excluding hydrogens is 346 g/mol. The van der Waals surface area contributed by atoms with Crippen LogP contribution in [0.5, 0.6) is 5.75 Å². The van der Waals surface area contributed by atoms with E-state index in [-0.39, 0.29) is 18.4 Å². The Balaban J connectivity index is 1.63. The van der Waals surface area contributed by atoms with Crippen LogP contribution < -0.4 is 10.1 Å². The molecule has 0 aliphatic carbocycles. The molecule has 1 aromatic carbocycles. The van der Waals surface area contributed by atoms with Crippen LogP contribution >= 0.6 is 0 Å². The first-order valence-electron chi connectivity index (χ1n) is 9.74. The summed E-state index contributed by atoms with van der Waals surface area (Å²) in [6.45, 7) is 6.00. The summed E-state index contributed by atoms with van der Waals surface area (Å²) in [5.74, 6) is -0.516. The molecule has 0 saturated carbocycles. The summed E-state index contributed by atoms with van der Waals surface area (Å²) >= 11 is 0. The largest absolute Gasteiger partial charge is 0.493 e. The predicted molar refractivity (Wildman–Crippen MR) is 103 cm³/mol. The van der Waals surface area contributed by atoms with E-state index in [1.165, 1.54) is 0 Å². The minimum absolute atomic E-state index is 0.0718. The van der Waals surface area contributed by atoms with E-state index in [9.17, 15) is 14.7 Å². The number of carboxylic acid groups (broad SMARTS) is 1. The third kappa shape index (κ3) is 7.21. The molecule has 27 heavy (non-hydrogen) atoms. The Kier molecular flexibility index (Phi) is 8.58. The van der Waals surface area contributed by atoms with Gasteiger partial charge in [0.25, 0.3) is 0 Å². The summed E-state index contributed by atoms with van der Waals surface area (Å²) in [7, 11) is 0. The third-order valence-corrected chi connectivity index (χ3v) is 5.07. The van der Waals surface area contributed by atoms with Crippen molar-refractivity contribution < 1.29 is 24.2 Å². The number of aliphatic carboxylic acids is 1. The van der Waals surface area contributed by atoms with Crippen LogP contribution in [-0.2, 0) is 14.3 Å². The van der Waals surface area contributed by atoms with Crippen molar-refractivity contribution in [1.29, 1.82) is 0 Å². The fourth-order valence-corrected chi connectivity index (χ4v) is 3.32. The second kappa shape index (κ2) is 10.9. The molecular formula is C21H31NO5. The van der Waals surface area contributed by atoms with Gasteiger partial charge in [0.05, 0.1) is 12.5 Å². The number of amides is 1. The Labute approximate surface area is 161 Å². The Bertz CT molecular complexity index is 625. The van der Waals surface area contributed by atoms with E-state index in [0.717, 1.165) is 36.1 Å². The number of benzene rings is 1. The molecule has 2 N–H and O–H groups in total. The zero-order valence-electron chi connectivity index (χ0n) is 16.3. The summed E-state index contributed by atoms with van der Waals surface area (Å²) in [6.07, 6.45) is 3.36. The number of carbonyl (C=O) groups excluding carboxylic acids is 1. The summed E-state index contributed by atoms with van der Waals surface area (Å²) in [5, 5.41) is 12.2. The van der Waals surface area contributed by atoms with Gasteiger partial charge in [0.2, 0.25) is 5.91 Å². The van der Waals surface area contributed by atoms with Crippen molar-refractivity contribution in [3.05, 3.63) is 29.3 Å². The van der Waals surface area contributed by atoms with Gasteiger partial charge in [-0.3, -0.25) is 9.59 Å². The summed E-state index contributed by atoms with van der Waals surface area (Å²) in [4.78, 5) is 23.5. The van der Waals surface area contributed by atoms with Gasteiger partial charge in [0.1, 0.15) is 5.75 Å². The van der Waals surface area contributed by atoms with Crippen LogP contribution in [0.3, 0.4) is 0 Å². The Hall–Kier alpha value is -2.08. The van der Waals surface area contributed by atoms with E-state index in [2.05, 4.69) is 11.4 Å². The first-order valence-corrected chi connectivity index (χ1v) is 9.74. The number of hydrogen-bond acceptors (Lipinski definition) is 4. The summed E-state index contributed by atoms with van der Waals surface area (Å²) < 4.78 is 11.1.